The van der Waals surface area contributed by atoms with E-state index in [1.54, 1.807) is 12.1 Å². The second-order valence-electron chi connectivity index (χ2n) is 6.59. The Morgan fingerprint density at radius 2 is 1.96 bits per heavy atom. The molecule has 0 bridgehead atoms. The molecule has 0 atom stereocenters. The molecule has 2 aromatic carbocycles. The van der Waals surface area contributed by atoms with Crippen molar-refractivity contribution in [2.24, 2.45) is 5.92 Å². The molecule has 5 nitrogen and oxygen atoms in total. The lowest BCUT2D eigenvalue weighted by atomic mass is 10.1. The van der Waals surface area contributed by atoms with Gasteiger partial charge in [0.1, 0.15) is 0 Å². The molecule has 0 saturated carbocycles. The van der Waals surface area contributed by atoms with Gasteiger partial charge in [-0.15, -0.1) is 0 Å². The van der Waals surface area contributed by atoms with Gasteiger partial charge in [-0.2, -0.15) is 0 Å². The quantitative estimate of drug-likeness (QED) is 0.649. The maximum atomic E-state index is 12.8. The molecule has 0 spiro atoms. The smallest absolute Gasteiger partial charge is 0.255 e. The number of nitrogens with one attached hydrogen (secondary N) is 2. The number of ether oxygens (including phenoxy) is 2. The third-order valence-electron chi connectivity index (χ3n) is 3.88. The van der Waals surface area contributed by atoms with E-state index in [0.29, 0.717) is 41.2 Å². The predicted molar refractivity (Wildman–Crippen MR) is 110 cm³/mol. The zero-order valence-electron chi connectivity index (χ0n) is 16.3. The van der Waals surface area contributed by atoms with Crippen molar-refractivity contribution in [2.45, 2.75) is 27.3 Å². The minimum Gasteiger partial charge on any atom is -0.493 e. The highest BCUT2D eigenvalue weighted by molar-refractivity contribution is 6.32. The summed E-state index contributed by atoms with van der Waals surface area (Å²) in [6.45, 7) is 8.18. The maximum absolute atomic E-state index is 12.8. The van der Waals surface area contributed by atoms with Gasteiger partial charge in [-0.1, -0.05) is 50.6 Å². The van der Waals surface area contributed by atoms with Gasteiger partial charge < -0.3 is 20.1 Å². The molecule has 0 aliphatic heterocycles. The van der Waals surface area contributed by atoms with Crippen molar-refractivity contribution in [3.8, 4) is 11.5 Å². The summed E-state index contributed by atoms with van der Waals surface area (Å²) in [7, 11) is 1.53. The first-order valence-corrected chi connectivity index (χ1v) is 9.44. The van der Waals surface area contributed by atoms with Crippen molar-refractivity contribution in [2.75, 3.05) is 25.6 Å². The summed E-state index contributed by atoms with van der Waals surface area (Å²) in [5.74, 6) is 0.989. The molecule has 6 heteroatoms. The van der Waals surface area contributed by atoms with Crippen LogP contribution in [0.3, 0.4) is 0 Å². The van der Waals surface area contributed by atoms with Gasteiger partial charge in [0, 0.05) is 17.8 Å². The lowest BCUT2D eigenvalue weighted by molar-refractivity contribution is 0.102. The molecule has 0 aromatic heterocycles. The first-order valence-electron chi connectivity index (χ1n) is 9.06. The average Bonchev–Trinajstić information content (AvgIpc) is 2.65. The fraction of sp³-hybridized carbons (Fsp3) is 0.381. The van der Waals surface area contributed by atoms with Crippen molar-refractivity contribution in [1.29, 1.82) is 0 Å². The van der Waals surface area contributed by atoms with Gasteiger partial charge in [0.05, 0.1) is 18.7 Å². The normalized spacial score (nSPS) is 10.7. The monoisotopic (exact) mass is 390 g/mol. The van der Waals surface area contributed by atoms with Crippen LogP contribution >= 0.6 is 11.6 Å². The summed E-state index contributed by atoms with van der Waals surface area (Å²) in [6.07, 6.45) is 0. The van der Waals surface area contributed by atoms with Crippen molar-refractivity contribution < 1.29 is 14.3 Å². The highest BCUT2D eigenvalue weighted by atomic mass is 35.5. The number of benzene rings is 2. The van der Waals surface area contributed by atoms with E-state index in [1.807, 2.05) is 45.0 Å². The molecule has 2 rings (SSSR count). The second-order valence-corrected chi connectivity index (χ2v) is 6.99. The first kappa shape index (κ1) is 21.1. The van der Waals surface area contributed by atoms with E-state index in [1.165, 1.54) is 7.11 Å². The molecule has 0 heterocycles. The van der Waals surface area contributed by atoms with Gasteiger partial charge in [0.15, 0.2) is 11.5 Å². The van der Waals surface area contributed by atoms with Crippen molar-refractivity contribution in [3.63, 3.8) is 0 Å². The van der Waals surface area contributed by atoms with Crippen molar-refractivity contribution in [1.82, 2.24) is 5.32 Å². The maximum Gasteiger partial charge on any atom is 0.255 e. The SMILES string of the molecule is CCNCc1ccccc1NC(=O)c1cc(Cl)c(OCC(C)C)c(OC)c1. The Hall–Kier alpha value is -2.24. The van der Waals surface area contributed by atoms with E-state index in [2.05, 4.69) is 10.6 Å². The molecule has 146 valence electrons. The molecule has 0 saturated heterocycles. The number of para-hydroxylation sites is 1. The Kier molecular flexibility index (Phi) is 7.95. The summed E-state index contributed by atoms with van der Waals surface area (Å²) in [6, 6.07) is 10.9. The fourth-order valence-corrected chi connectivity index (χ4v) is 2.76. The number of carbonyl (C=O) groups excluding carboxylic acids is 1. The summed E-state index contributed by atoms with van der Waals surface area (Å²) in [5, 5.41) is 6.57. The Bertz CT molecular complexity index is 778. The van der Waals surface area contributed by atoms with Gasteiger partial charge >= 0.3 is 0 Å². The molecule has 0 radical (unpaired) electrons. The van der Waals surface area contributed by atoms with Gasteiger partial charge in [0.25, 0.3) is 5.91 Å². The zero-order chi connectivity index (χ0) is 19.8. The third-order valence-corrected chi connectivity index (χ3v) is 4.16. The minimum absolute atomic E-state index is 0.255. The molecule has 0 unspecified atom stereocenters. The average molecular weight is 391 g/mol. The van der Waals surface area contributed by atoms with E-state index >= 15 is 0 Å². The van der Waals surface area contributed by atoms with E-state index in [9.17, 15) is 4.79 Å². The van der Waals surface area contributed by atoms with E-state index < -0.39 is 0 Å². The fourth-order valence-electron chi connectivity index (χ4n) is 2.49. The number of methoxy groups -OCH3 is 1. The number of halogens is 1. The molecule has 1 amide bonds. The second kappa shape index (κ2) is 10.2. The van der Waals surface area contributed by atoms with Crippen molar-refractivity contribution >= 4 is 23.2 Å². The number of carbonyl (C=O) groups is 1. The van der Waals surface area contributed by atoms with Crippen LogP contribution in [0.1, 0.15) is 36.7 Å². The van der Waals surface area contributed by atoms with Crippen LogP contribution in [0, 0.1) is 5.92 Å². The van der Waals surface area contributed by atoms with Crippen LogP contribution in [0.15, 0.2) is 36.4 Å². The van der Waals surface area contributed by atoms with Gasteiger partial charge in [-0.25, -0.2) is 0 Å². The molecular weight excluding hydrogens is 364 g/mol. The Morgan fingerprint density at radius 3 is 2.63 bits per heavy atom. The molecule has 0 aliphatic carbocycles. The highest BCUT2D eigenvalue weighted by Crippen LogP contribution is 2.37. The van der Waals surface area contributed by atoms with Gasteiger partial charge in [-0.3, -0.25) is 4.79 Å². The number of hydrogen-bond donors (Lipinski definition) is 2. The zero-order valence-corrected chi connectivity index (χ0v) is 17.0. The molecule has 2 N–H and O–H groups in total. The summed E-state index contributed by atoms with van der Waals surface area (Å²) < 4.78 is 11.1. The molecular formula is C21H27ClN2O3. The Morgan fingerprint density at radius 1 is 1.22 bits per heavy atom. The van der Waals surface area contributed by atoms with Crippen LogP contribution in [-0.2, 0) is 6.54 Å². The lowest BCUT2D eigenvalue weighted by Gasteiger charge is -2.16. The summed E-state index contributed by atoms with van der Waals surface area (Å²) in [5.41, 5.74) is 2.19. The summed E-state index contributed by atoms with van der Waals surface area (Å²) in [4.78, 5) is 12.8. The first-order chi connectivity index (χ1) is 13.0. The van der Waals surface area contributed by atoms with Crippen LogP contribution in [-0.4, -0.2) is 26.2 Å². The standard InChI is InChI=1S/C21H27ClN2O3/c1-5-23-12-15-8-6-7-9-18(15)24-21(25)16-10-17(22)20(19(11-16)26-4)27-13-14(2)3/h6-11,14,23H,5,12-13H2,1-4H3,(H,24,25). The van der Waals surface area contributed by atoms with Crippen molar-refractivity contribution in [3.05, 3.63) is 52.5 Å². The number of hydrogen-bond acceptors (Lipinski definition) is 4. The van der Waals surface area contributed by atoms with Crippen LogP contribution < -0.4 is 20.1 Å². The van der Waals surface area contributed by atoms with Gasteiger partial charge in [0.2, 0.25) is 0 Å². The number of amides is 1. The molecule has 2 aromatic rings. The molecule has 0 fully saturated rings. The summed E-state index contributed by atoms with van der Waals surface area (Å²) >= 11 is 6.35. The van der Waals surface area contributed by atoms with E-state index in [-0.39, 0.29) is 5.91 Å². The van der Waals surface area contributed by atoms with Gasteiger partial charge in [-0.05, 0) is 36.2 Å². The van der Waals surface area contributed by atoms with E-state index in [4.69, 9.17) is 21.1 Å². The minimum atomic E-state index is -0.255. The van der Waals surface area contributed by atoms with Crippen LogP contribution in [0.2, 0.25) is 5.02 Å². The van der Waals surface area contributed by atoms with E-state index in [0.717, 1.165) is 17.8 Å². The number of rotatable bonds is 9. The topological polar surface area (TPSA) is 59.6 Å². The van der Waals surface area contributed by atoms with Crippen LogP contribution in [0.5, 0.6) is 11.5 Å². The Labute approximate surface area is 166 Å². The predicted octanol–water partition coefficient (Wildman–Crippen LogP) is 4.75. The highest BCUT2D eigenvalue weighted by Gasteiger charge is 2.17. The van der Waals surface area contributed by atoms with Crippen LogP contribution in [0.25, 0.3) is 0 Å². The number of anilines is 1. The van der Waals surface area contributed by atoms with Crippen LogP contribution in [0.4, 0.5) is 5.69 Å². The largest absolute Gasteiger partial charge is 0.493 e. The molecule has 27 heavy (non-hydrogen) atoms. The Balaban J connectivity index is 2.23. The molecule has 0 aliphatic rings. The lowest BCUT2D eigenvalue weighted by Crippen LogP contribution is -2.17. The third kappa shape index (κ3) is 5.88.